The van der Waals surface area contributed by atoms with Crippen LogP contribution in [-0.4, -0.2) is 41.5 Å². The first-order valence-corrected chi connectivity index (χ1v) is 6.42. The molecule has 2 rings (SSSR count). The van der Waals surface area contributed by atoms with Gasteiger partial charge in [-0.1, -0.05) is 0 Å². The van der Waals surface area contributed by atoms with Crippen LogP contribution in [0.4, 0.5) is 0 Å². The molecule has 1 saturated heterocycles. The van der Waals surface area contributed by atoms with Crippen molar-refractivity contribution in [3.63, 3.8) is 0 Å². The number of carbonyl (C=O) groups is 2. The number of aromatic nitrogens is 1. The topological polar surface area (TPSA) is 83.3 Å². The highest BCUT2D eigenvalue weighted by Crippen LogP contribution is 2.20. The van der Waals surface area contributed by atoms with Gasteiger partial charge in [0.25, 0.3) is 5.91 Å². The van der Waals surface area contributed by atoms with E-state index in [1.165, 1.54) is 24.3 Å². The minimum absolute atomic E-state index is 0.183. The van der Waals surface area contributed by atoms with Crippen LogP contribution in [0.2, 0.25) is 0 Å². The summed E-state index contributed by atoms with van der Waals surface area (Å²) in [4.78, 5) is 29.6. The Hall–Kier alpha value is -2.42. The van der Waals surface area contributed by atoms with Crippen LogP contribution in [-0.2, 0) is 9.53 Å². The van der Waals surface area contributed by atoms with Gasteiger partial charge in [0.2, 0.25) is 0 Å². The fourth-order valence-corrected chi connectivity index (χ4v) is 2.35. The molecule has 1 atom stereocenters. The number of nitrogens with zero attached hydrogens (tertiary/aromatic N) is 3. The molecule has 6 nitrogen and oxygen atoms in total. The molecule has 6 heteroatoms. The van der Waals surface area contributed by atoms with Crippen LogP contribution >= 0.6 is 0 Å². The van der Waals surface area contributed by atoms with Crippen molar-refractivity contribution in [2.75, 3.05) is 13.7 Å². The van der Waals surface area contributed by atoms with Crippen LogP contribution in [0.5, 0.6) is 0 Å². The van der Waals surface area contributed by atoms with Gasteiger partial charge in [-0.05, 0) is 31.4 Å². The molecule has 0 bridgehead atoms. The predicted octanol–water partition coefficient (Wildman–Crippen LogP) is 1.12. The second-order valence-corrected chi connectivity index (χ2v) is 4.57. The molecule has 0 saturated carbocycles. The van der Waals surface area contributed by atoms with Crippen molar-refractivity contribution in [1.29, 1.82) is 5.26 Å². The molecule has 0 N–H and O–H groups in total. The van der Waals surface area contributed by atoms with E-state index in [2.05, 4.69) is 4.98 Å². The van der Waals surface area contributed by atoms with E-state index >= 15 is 0 Å². The Morgan fingerprint density at radius 1 is 1.50 bits per heavy atom. The summed E-state index contributed by atoms with van der Waals surface area (Å²) in [5.41, 5.74) is 0.551. The van der Waals surface area contributed by atoms with Crippen LogP contribution in [0.25, 0.3) is 0 Å². The SMILES string of the molecule is COC(=O)C1CCCCN1C(=O)c1ccnc(C#N)c1. The van der Waals surface area contributed by atoms with Gasteiger partial charge in [0.05, 0.1) is 7.11 Å². The van der Waals surface area contributed by atoms with Crippen LogP contribution < -0.4 is 0 Å². The first kappa shape index (κ1) is 14.0. The van der Waals surface area contributed by atoms with E-state index in [0.29, 0.717) is 18.5 Å². The van der Waals surface area contributed by atoms with Crippen molar-refractivity contribution in [2.45, 2.75) is 25.3 Å². The Labute approximate surface area is 117 Å². The van der Waals surface area contributed by atoms with Gasteiger partial charge in [-0.25, -0.2) is 9.78 Å². The van der Waals surface area contributed by atoms with E-state index in [-0.39, 0.29) is 11.6 Å². The number of likely N-dealkylation sites (tertiary alicyclic amines) is 1. The molecule has 0 aliphatic carbocycles. The van der Waals surface area contributed by atoms with Crippen LogP contribution in [0.3, 0.4) is 0 Å². The van der Waals surface area contributed by atoms with E-state index in [4.69, 9.17) is 10.00 Å². The molecule has 1 aliphatic heterocycles. The minimum atomic E-state index is -0.542. The Kier molecular flexibility index (Phi) is 4.31. The standard InChI is InChI=1S/C14H15N3O3/c1-20-14(19)12-4-2-3-7-17(12)13(18)10-5-6-16-11(8-10)9-15/h5-6,8,12H,2-4,7H2,1H3. The lowest BCUT2D eigenvalue weighted by molar-refractivity contribution is -0.147. The number of pyridine rings is 1. The summed E-state index contributed by atoms with van der Waals surface area (Å²) in [6.45, 7) is 0.517. The first-order valence-electron chi connectivity index (χ1n) is 6.42. The average molecular weight is 273 g/mol. The zero-order valence-electron chi connectivity index (χ0n) is 11.2. The summed E-state index contributed by atoms with van der Waals surface area (Å²) in [7, 11) is 1.32. The minimum Gasteiger partial charge on any atom is -0.467 e. The Bertz CT molecular complexity index is 565. The van der Waals surface area contributed by atoms with Gasteiger partial charge in [0.15, 0.2) is 0 Å². The van der Waals surface area contributed by atoms with Gasteiger partial charge in [-0.3, -0.25) is 4.79 Å². The lowest BCUT2D eigenvalue weighted by Crippen LogP contribution is -2.48. The molecular weight excluding hydrogens is 258 g/mol. The molecule has 1 fully saturated rings. The Balaban J connectivity index is 2.25. The van der Waals surface area contributed by atoms with E-state index in [0.717, 1.165) is 12.8 Å². The van der Waals surface area contributed by atoms with Crippen LogP contribution in [0.1, 0.15) is 35.3 Å². The second-order valence-electron chi connectivity index (χ2n) is 4.57. The number of rotatable bonds is 2. The number of esters is 1. The predicted molar refractivity (Wildman–Crippen MR) is 69.6 cm³/mol. The second kappa shape index (κ2) is 6.15. The smallest absolute Gasteiger partial charge is 0.328 e. The van der Waals surface area contributed by atoms with Crippen LogP contribution in [0, 0.1) is 11.3 Å². The quantitative estimate of drug-likeness (QED) is 0.754. The summed E-state index contributed by atoms with van der Waals surface area (Å²) >= 11 is 0. The maximum atomic E-state index is 12.5. The highest BCUT2D eigenvalue weighted by Gasteiger charge is 2.33. The third-order valence-corrected chi connectivity index (χ3v) is 3.36. The molecule has 1 amide bonds. The van der Waals surface area contributed by atoms with Crippen molar-refractivity contribution in [3.8, 4) is 6.07 Å². The van der Waals surface area contributed by atoms with E-state index in [1.54, 1.807) is 6.07 Å². The van der Waals surface area contributed by atoms with Gasteiger partial charge < -0.3 is 9.64 Å². The summed E-state index contributed by atoms with van der Waals surface area (Å²) in [5.74, 6) is -0.661. The van der Waals surface area contributed by atoms with E-state index in [9.17, 15) is 9.59 Å². The number of amides is 1. The number of ether oxygens (including phenoxy) is 1. The van der Waals surface area contributed by atoms with Gasteiger partial charge in [0.1, 0.15) is 17.8 Å². The number of hydrogen-bond donors (Lipinski definition) is 0. The van der Waals surface area contributed by atoms with Crippen molar-refractivity contribution < 1.29 is 14.3 Å². The van der Waals surface area contributed by atoms with Gasteiger partial charge in [-0.15, -0.1) is 0 Å². The number of nitriles is 1. The van der Waals surface area contributed by atoms with Gasteiger partial charge in [-0.2, -0.15) is 5.26 Å². The molecule has 0 radical (unpaired) electrons. The molecule has 104 valence electrons. The van der Waals surface area contributed by atoms with Crippen molar-refractivity contribution in [2.24, 2.45) is 0 Å². The highest BCUT2D eigenvalue weighted by molar-refractivity contribution is 5.97. The molecule has 1 unspecified atom stereocenters. The summed E-state index contributed by atoms with van der Waals surface area (Å²) in [6, 6.07) is 4.34. The fraction of sp³-hybridized carbons (Fsp3) is 0.429. The third-order valence-electron chi connectivity index (χ3n) is 3.36. The van der Waals surface area contributed by atoms with Crippen molar-refractivity contribution in [3.05, 3.63) is 29.6 Å². The summed E-state index contributed by atoms with van der Waals surface area (Å²) in [5, 5.41) is 8.82. The van der Waals surface area contributed by atoms with Crippen LogP contribution in [0.15, 0.2) is 18.3 Å². The molecule has 0 aromatic carbocycles. The maximum absolute atomic E-state index is 12.5. The molecule has 1 aliphatic rings. The number of carbonyl (C=O) groups excluding carboxylic acids is 2. The maximum Gasteiger partial charge on any atom is 0.328 e. The number of hydrogen-bond acceptors (Lipinski definition) is 5. The van der Waals surface area contributed by atoms with Crippen molar-refractivity contribution in [1.82, 2.24) is 9.88 Å². The molecule has 2 heterocycles. The lowest BCUT2D eigenvalue weighted by Gasteiger charge is -2.33. The third kappa shape index (κ3) is 2.77. The largest absolute Gasteiger partial charge is 0.467 e. The zero-order valence-corrected chi connectivity index (χ0v) is 11.2. The first-order chi connectivity index (χ1) is 9.67. The normalized spacial score (nSPS) is 18.2. The molecule has 1 aromatic heterocycles. The lowest BCUT2D eigenvalue weighted by atomic mass is 10.0. The summed E-state index contributed by atoms with van der Waals surface area (Å²) < 4.78 is 4.75. The molecule has 0 spiro atoms. The number of piperidine rings is 1. The summed E-state index contributed by atoms with van der Waals surface area (Å²) in [6.07, 6.45) is 3.77. The van der Waals surface area contributed by atoms with Crippen molar-refractivity contribution >= 4 is 11.9 Å². The highest BCUT2D eigenvalue weighted by atomic mass is 16.5. The Morgan fingerprint density at radius 2 is 2.30 bits per heavy atom. The Morgan fingerprint density at radius 3 is 3.00 bits per heavy atom. The average Bonchev–Trinajstić information content (AvgIpc) is 2.53. The molecule has 1 aromatic rings. The monoisotopic (exact) mass is 273 g/mol. The zero-order chi connectivity index (χ0) is 14.5. The fourth-order valence-electron chi connectivity index (χ4n) is 2.35. The van der Waals surface area contributed by atoms with Gasteiger partial charge >= 0.3 is 5.97 Å². The molecule has 20 heavy (non-hydrogen) atoms. The molecular formula is C14H15N3O3. The number of methoxy groups -OCH3 is 1. The van der Waals surface area contributed by atoms with E-state index < -0.39 is 12.0 Å². The van der Waals surface area contributed by atoms with E-state index in [1.807, 2.05) is 6.07 Å². The van der Waals surface area contributed by atoms with Gasteiger partial charge in [0, 0.05) is 18.3 Å².